The molecule has 100 valence electrons. The molecule has 0 radical (unpaired) electrons. The quantitative estimate of drug-likeness (QED) is 0.805. The number of anilines is 1. The molecule has 1 amide bonds. The van der Waals surface area contributed by atoms with E-state index in [1.165, 1.54) is 0 Å². The summed E-state index contributed by atoms with van der Waals surface area (Å²) in [7, 11) is 0. The van der Waals surface area contributed by atoms with Crippen molar-refractivity contribution in [2.75, 3.05) is 5.73 Å². The molecular formula is C15H24N2O. The molecule has 0 saturated carbocycles. The number of hydrogen-bond acceptors (Lipinski definition) is 2. The highest BCUT2D eigenvalue weighted by Gasteiger charge is 2.22. The number of nitrogen functional groups attached to an aromatic ring is 1. The molecule has 0 aliphatic heterocycles. The lowest BCUT2D eigenvalue weighted by atomic mass is 9.80. The normalized spacial score (nSPS) is 13.1. The van der Waals surface area contributed by atoms with Crippen LogP contribution in [0, 0.1) is 11.3 Å². The van der Waals surface area contributed by atoms with Gasteiger partial charge >= 0.3 is 0 Å². The van der Waals surface area contributed by atoms with Crippen LogP contribution in [0.15, 0.2) is 24.3 Å². The maximum atomic E-state index is 11.8. The second-order valence-corrected chi connectivity index (χ2v) is 5.95. The third-order valence-electron chi connectivity index (χ3n) is 3.50. The van der Waals surface area contributed by atoms with Crippen molar-refractivity contribution in [2.45, 2.75) is 40.7 Å². The minimum absolute atomic E-state index is 0.0840. The van der Waals surface area contributed by atoms with Gasteiger partial charge in [0.1, 0.15) is 0 Å². The Labute approximate surface area is 110 Å². The lowest BCUT2D eigenvalue weighted by Gasteiger charge is -2.26. The average molecular weight is 248 g/mol. The maximum absolute atomic E-state index is 11.8. The second-order valence-electron chi connectivity index (χ2n) is 5.95. The van der Waals surface area contributed by atoms with Gasteiger partial charge in [0.2, 0.25) is 5.91 Å². The Morgan fingerprint density at radius 2 is 1.94 bits per heavy atom. The van der Waals surface area contributed by atoms with E-state index in [0.29, 0.717) is 18.9 Å². The number of benzene rings is 1. The van der Waals surface area contributed by atoms with Gasteiger partial charge in [-0.1, -0.05) is 45.9 Å². The van der Waals surface area contributed by atoms with E-state index in [-0.39, 0.29) is 11.3 Å². The summed E-state index contributed by atoms with van der Waals surface area (Å²) in [5.74, 6) is 0.436. The minimum atomic E-state index is 0.0840. The Morgan fingerprint density at radius 1 is 1.33 bits per heavy atom. The van der Waals surface area contributed by atoms with Crippen molar-refractivity contribution in [3.05, 3.63) is 29.8 Å². The van der Waals surface area contributed by atoms with Crippen molar-refractivity contribution >= 4 is 11.6 Å². The number of hydrogen-bond donors (Lipinski definition) is 2. The molecule has 0 heterocycles. The zero-order valence-corrected chi connectivity index (χ0v) is 11.8. The fourth-order valence-electron chi connectivity index (χ4n) is 1.55. The van der Waals surface area contributed by atoms with Crippen LogP contribution in [-0.4, -0.2) is 5.91 Å². The van der Waals surface area contributed by atoms with Crippen LogP contribution < -0.4 is 11.1 Å². The first-order valence-corrected chi connectivity index (χ1v) is 6.41. The van der Waals surface area contributed by atoms with Crippen molar-refractivity contribution < 1.29 is 4.79 Å². The molecule has 0 bridgehead atoms. The number of amides is 1. The van der Waals surface area contributed by atoms with Gasteiger partial charge in [0, 0.05) is 18.7 Å². The fraction of sp³-hybridized carbons (Fsp3) is 0.533. The first-order valence-electron chi connectivity index (χ1n) is 6.41. The fourth-order valence-corrected chi connectivity index (χ4v) is 1.55. The lowest BCUT2D eigenvalue weighted by Crippen LogP contribution is -2.29. The van der Waals surface area contributed by atoms with Gasteiger partial charge in [-0.3, -0.25) is 4.79 Å². The van der Waals surface area contributed by atoms with Gasteiger partial charge < -0.3 is 11.1 Å². The topological polar surface area (TPSA) is 55.1 Å². The van der Waals surface area contributed by atoms with E-state index >= 15 is 0 Å². The molecule has 0 spiro atoms. The molecule has 0 aromatic heterocycles. The van der Waals surface area contributed by atoms with Crippen LogP contribution in [0.4, 0.5) is 5.69 Å². The SMILES string of the molecule is CC(CC(=O)NCc1ccccc1N)C(C)(C)C. The number of para-hydroxylation sites is 1. The third-order valence-corrected chi connectivity index (χ3v) is 3.50. The molecule has 3 nitrogen and oxygen atoms in total. The molecule has 1 atom stereocenters. The van der Waals surface area contributed by atoms with Crippen molar-refractivity contribution in [1.82, 2.24) is 5.32 Å². The molecule has 3 heteroatoms. The summed E-state index contributed by atoms with van der Waals surface area (Å²) in [5, 5.41) is 2.92. The van der Waals surface area contributed by atoms with E-state index in [0.717, 1.165) is 11.3 Å². The molecule has 0 saturated heterocycles. The van der Waals surface area contributed by atoms with Gasteiger partial charge in [0.25, 0.3) is 0 Å². The van der Waals surface area contributed by atoms with E-state index in [1.807, 2.05) is 24.3 Å². The molecule has 0 aliphatic rings. The molecule has 1 unspecified atom stereocenters. The molecule has 1 aromatic rings. The van der Waals surface area contributed by atoms with Crippen LogP contribution in [0.1, 0.15) is 39.7 Å². The van der Waals surface area contributed by atoms with E-state index in [9.17, 15) is 4.79 Å². The number of carbonyl (C=O) groups excluding carboxylic acids is 1. The summed E-state index contributed by atoms with van der Waals surface area (Å²) in [4.78, 5) is 11.8. The zero-order chi connectivity index (χ0) is 13.8. The van der Waals surface area contributed by atoms with Gasteiger partial charge in [-0.05, 0) is 23.0 Å². The molecule has 1 aromatic carbocycles. The Bertz CT molecular complexity index is 407. The van der Waals surface area contributed by atoms with Gasteiger partial charge in [0.05, 0.1) is 0 Å². The molecule has 3 N–H and O–H groups in total. The summed E-state index contributed by atoms with van der Waals surface area (Å²) in [6, 6.07) is 7.60. The molecule has 1 rings (SSSR count). The van der Waals surface area contributed by atoms with Crippen LogP contribution >= 0.6 is 0 Å². The Balaban J connectivity index is 2.45. The summed E-state index contributed by atoms with van der Waals surface area (Å²) < 4.78 is 0. The van der Waals surface area contributed by atoms with E-state index in [1.54, 1.807) is 0 Å². The number of nitrogens with two attached hydrogens (primary N) is 1. The first kappa shape index (κ1) is 14.6. The van der Waals surface area contributed by atoms with Gasteiger partial charge in [-0.2, -0.15) is 0 Å². The van der Waals surface area contributed by atoms with Crippen LogP contribution in [0.2, 0.25) is 0 Å². The highest BCUT2D eigenvalue weighted by atomic mass is 16.1. The van der Waals surface area contributed by atoms with E-state index in [2.05, 4.69) is 33.0 Å². The van der Waals surface area contributed by atoms with E-state index in [4.69, 9.17) is 5.73 Å². The Kier molecular flexibility index (Phi) is 4.76. The average Bonchev–Trinajstić information content (AvgIpc) is 2.26. The third kappa shape index (κ3) is 4.40. The van der Waals surface area contributed by atoms with Gasteiger partial charge in [-0.25, -0.2) is 0 Å². The number of rotatable bonds is 4. The zero-order valence-electron chi connectivity index (χ0n) is 11.8. The van der Waals surface area contributed by atoms with Crippen molar-refractivity contribution in [1.29, 1.82) is 0 Å². The van der Waals surface area contributed by atoms with Crippen molar-refractivity contribution in [3.63, 3.8) is 0 Å². The van der Waals surface area contributed by atoms with Crippen LogP contribution in [-0.2, 0) is 11.3 Å². The summed E-state index contributed by atoms with van der Waals surface area (Å²) in [6.45, 7) is 9.07. The van der Waals surface area contributed by atoms with Gasteiger partial charge in [0.15, 0.2) is 0 Å². The highest BCUT2D eigenvalue weighted by molar-refractivity contribution is 5.76. The van der Waals surface area contributed by atoms with Crippen LogP contribution in [0.5, 0.6) is 0 Å². The summed E-state index contributed by atoms with van der Waals surface area (Å²) in [5.41, 5.74) is 7.67. The predicted octanol–water partition coefficient (Wildman–Crippen LogP) is 2.96. The summed E-state index contributed by atoms with van der Waals surface area (Å²) in [6.07, 6.45) is 0.552. The van der Waals surface area contributed by atoms with Crippen LogP contribution in [0.3, 0.4) is 0 Å². The monoisotopic (exact) mass is 248 g/mol. The highest BCUT2D eigenvalue weighted by Crippen LogP contribution is 2.27. The van der Waals surface area contributed by atoms with E-state index < -0.39 is 0 Å². The van der Waals surface area contributed by atoms with Crippen molar-refractivity contribution in [3.8, 4) is 0 Å². The molecule has 18 heavy (non-hydrogen) atoms. The summed E-state index contributed by atoms with van der Waals surface area (Å²) >= 11 is 0. The Hall–Kier alpha value is -1.51. The molecule has 0 aliphatic carbocycles. The maximum Gasteiger partial charge on any atom is 0.220 e. The minimum Gasteiger partial charge on any atom is -0.398 e. The Morgan fingerprint density at radius 3 is 2.50 bits per heavy atom. The number of carbonyl (C=O) groups is 1. The van der Waals surface area contributed by atoms with Gasteiger partial charge in [-0.15, -0.1) is 0 Å². The smallest absolute Gasteiger partial charge is 0.220 e. The predicted molar refractivity (Wildman–Crippen MR) is 75.9 cm³/mol. The van der Waals surface area contributed by atoms with Crippen molar-refractivity contribution in [2.24, 2.45) is 11.3 Å². The second kappa shape index (κ2) is 5.89. The standard InChI is InChI=1S/C15H24N2O/c1-11(15(2,3)4)9-14(18)17-10-12-7-5-6-8-13(12)16/h5-8,11H,9-10,16H2,1-4H3,(H,17,18). The molecular weight excluding hydrogens is 224 g/mol. The first-order chi connectivity index (χ1) is 8.30. The molecule has 0 fully saturated rings. The lowest BCUT2D eigenvalue weighted by molar-refractivity contribution is -0.122. The van der Waals surface area contributed by atoms with Crippen LogP contribution in [0.25, 0.3) is 0 Å². The number of nitrogens with one attached hydrogen (secondary N) is 1. The largest absolute Gasteiger partial charge is 0.398 e.